The smallest absolute Gasteiger partial charge is 0.328 e. The van der Waals surface area contributed by atoms with Crippen molar-refractivity contribution < 1.29 is 32.3 Å². The van der Waals surface area contributed by atoms with E-state index in [-0.39, 0.29) is 55.3 Å². The lowest BCUT2D eigenvalue weighted by Gasteiger charge is -2.24. The number of nitrogens with one attached hydrogen (secondary N) is 2. The molecule has 2 aromatic rings. The van der Waals surface area contributed by atoms with E-state index in [1.165, 1.54) is 16.7 Å². The molecule has 3 atom stereocenters. The predicted molar refractivity (Wildman–Crippen MR) is 146 cm³/mol. The maximum atomic E-state index is 14.0. The van der Waals surface area contributed by atoms with Crippen molar-refractivity contribution in [2.45, 2.75) is 57.6 Å². The second-order valence-electron chi connectivity index (χ2n) is 9.72. The van der Waals surface area contributed by atoms with Crippen molar-refractivity contribution in [2.75, 3.05) is 24.2 Å². The Bertz CT molecular complexity index is 1200. The Morgan fingerprint density at radius 1 is 1.18 bits per heavy atom. The summed E-state index contributed by atoms with van der Waals surface area (Å²) in [5, 5.41) is 5.12. The lowest BCUT2D eigenvalue weighted by molar-refractivity contribution is -0.145. The zero-order chi connectivity index (χ0) is 29.4. The van der Waals surface area contributed by atoms with E-state index in [4.69, 9.17) is 10.5 Å². The molecular formula is C27H34F3N5O4S. The van der Waals surface area contributed by atoms with Crippen LogP contribution >= 0.6 is 11.8 Å². The van der Waals surface area contributed by atoms with Crippen LogP contribution in [0.2, 0.25) is 0 Å². The maximum Gasteiger partial charge on any atom is 0.328 e. The number of anilines is 1. The Labute approximate surface area is 235 Å². The van der Waals surface area contributed by atoms with Gasteiger partial charge in [0.15, 0.2) is 17.0 Å². The molecular weight excluding hydrogens is 547 g/mol. The van der Waals surface area contributed by atoms with Gasteiger partial charge in [0.25, 0.3) is 5.91 Å². The van der Waals surface area contributed by atoms with E-state index in [0.717, 1.165) is 6.07 Å². The molecule has 3 rings (SSSR count). The number of aromatic nitrogens is 1. The lowest BCUT2D eigenvalue weighted by atomic mass is 10.0. The topological polar surface area (TPSA) is 127 Å². The fourth-order valence-electron chi connectivity index (χ4n) is 4.14. The van der Waals surface area contributed by atoms with Crippen molar-refractivity contribution >= 4 is 35.4 Å². The predicted octanol–water partition coefficient (Wildman–Crippen LogP) is 2.98. The van der Waals surface area contributed by atoms with Gasteiger partial charge in [-0.05, 0) is 42.5 Å². The summed E-state index contributed by atoms with van der Waals surface area (Å²) >= 11 is 1.31. The number of halogens is 3. The number of thioether (sulfide) groups is 1. The molecule has 1 aromatic carbocycles. The molecule has 2 amide bonds. The van der Waals surface area contributed by atoms with Crippen molar-refractivity contribution in [3.05, 3.63) is 59.0 Å². The molecule has 9 nitrogen and oxygen atoms in total. The molecule has 0 bridgehead atoms. The molecule has 1 saturated heterocycles. The summed E-state index contributed by atoms with van der Waals surface area (Å²) in [4.78, 5) is 43.7. The summed E-state index contributed by atoms with van der Waals surface area (Å²) in [5.74, 6) is -3.52. The summed E-state index contributed by atoms with van der Waals surface area (Å²) < 4.78 is 45.7. The second-order valence-corrected chi connectivity index (χ2v) is 10.9. The molecule has 218 valence electrons. The van der Waals surface area contributed by atoms with Crippen LogP contribution in [-0.2, 0) is 32.1 Å². The molecule has 1 aromatic heterocycles. The van der Waals surface area contributed by atoms with Crippen molar-refractivity contribution in [1.82, 2.24) is 15.2 Å². The van der Waals surface area contributed by atoms with E-state index in [9.17, 15) is 27.6 Å². The van der Waals surface area contributed by atoms with Gasteiger partial charge in [0.2, 0.25) is 5.91 Å². The minimum absolute atomic E-state index is 0.0176. The minimum Gasteiger partial charge on any atom is -0.464 e. The molecule has 13 heteroatoms. The molecule has 1 aliphatic heterocycles. The molecule has 4 N–H and O–H groups in total. The standard InChI is InChI=1S/C27H34F3N5O4S/c1-4-39-27(38)24(15(2)3)34-22-6-5-16(13-32-22)14-33-25(37)26-35(7-8-40-26)23(36)11-18(31)9-17-10-20(29)21(30)12-19(17)28/h5-6,10,12-13,15,18,24,26H,4,7-9,11,14,31H2,1-3H3,(H,32,34)(H,33,37)/t18-,24+,26+/m1/s1. The van der Waals surface area contributed by atoms with Crippen molar-refractivity contribution in [2.24, 2.45) is 11.7 Å². The number of ether oxygens (including phenoxy) is 1. The van der Waals surface area contributed by atoms with Crippen LogP contribution in [0.15, 0.2) is 30.5 Å². The SMILES string of the molecule is CCOC(=O)[C@@H](Nc1ccc(CNC(=O)[C@@H]2SCCN2C(=O)C[C@H](N)Cc2cc(F)c(F)cc2F)cn1)C(C)C. The molecule has 0 saturated carbocycles. The number of rotatable bonds is 12. The van der Waals surface area contributed by atoms with Gasteiger partial charge in [0, 0.05) is 43.6 Å². The number of amides is 2. The van der Waals surface area contributed by atoms with Gasteiger partial charge in [-0.15, -0.1) is 11.8 Å². The number of hydrogen-bond donors (Lipinski definition) is 3. The largest absolute Gasteiger partial charge is 0.464 e. The van der Waals surface area contributed by atoms with E-state index >= 15 is 0 Å². The fraction of sp³-hybridized carbons (Fsp3) is 0.481. The fourth-order valence-corrected chi connectivity index (χ4v) is 5.30. The van der Waals surface area contributed by atoms with Gasteiger partial charge < -0.3 is 26.0 Å². The Hall–Kier alpha value is -3.32. The highest BCUT2D eigenvalue weighted by Crippen LogP contribution is 2.25. The number of carbonyl (C=O) groups is 3. The Morgan fingerprint density at radius 2 is 1.90 bits per heavy atom. The van der Waals surface area contributed by atoms with Crippen LogP contribution in [0.5, 0.6) is 0 Å². The molecule has 0 radical (unpaired) electrons. The lowest BCUT2D eigenvalue weighted by Crippen LogP contribution is -2.46. The van der Waals surface area contributed by atoms with Crippen molar-refractivity contribution in [1.29, 1.82) is 0 Å². The van der Waals surface area contributed by atoms with Crippen LogP contribution in [0.3, 0.4) is 0 Å². The van der Waals surface area contributed by atoms with Gasteiger partial charge in [-0.1, -0.05) is 19.9 Å². The molecule has 2 heterocycles. The van der Waals surface area contributed by atoms with Crippen LogP contribution in [0.25, 0.3) is 0 Å². The first-order chi connectivity index (χ1) is 19.0. The third kappa shape index (κ3) is 8.34. The number of hydrogen-bond acceptors (Lipinski definition) is 8. The van der Waals surface area contributed by atoms with Gasteiger partial charge in [0.1, 0.15) is 17.7 Å². The van der Waals surface area contributed by atoms with E-state index in [2.05, 4.69) is 15.6 Å². The zero-order valence-electron chi connectivity index (χ0n) is 22.6. The summed E-state index contributed by atoms with van der Waals surface area (Å²) in [6.07, 6.45) is 1.22. The Kier molecular flexibility index (Phi) is 11.2. The number of benzene rings is 1. The minimum atomic E-state index is -1.30. The number of nitrogens with zero attached hydrogens (tertiary/aromatic N) is 2. The average Bonchev–Trinajstić information content (AvgIpc) is 3.40. The average molecular weight is 582 g/mol. The number of pyridine rings is 1. The van der Waals surface area contributed by atoms with E-state index in [0.29, 0.717) is 29.7 Å². The summed E-state index contributed by atoms with van der Waals surface area (Å²) in [6.45, 7) is 6.33. The number of nitrogens with two attached hydrogens (primary N) is 1. The van der Waals surface area contributed by atoms with Crippen LogP contribution in [0.4, 0.5) is 19.0 Å². The normalized spacial score (nSPS) is 16.5. The van der Waals surface area contributed by atoms with Crippen LogP contribution in [0, 0.1) is 23.4 Å². The van der Waals surface area contributed by atoms with Crippen LogP contribution in [0.1, 0.15) is 38.3 Å². The first kappa shape index (κ1) is 31.2. The van der Waals surface area contributed by atoms with Gasteiger partial charge >= 0.3 is 5.97 Å². The second kappa shape index (κ2) is 14.4. The monoisotopic (exact) mass is 581 g/mol. The third-order valence-electron chi connectivity index (χ3n) is 6.25. The highest BCUT2D eigenvalue weighted by atomic mass is 32.2. The molecule has 0 spiro atoms. The van der Waals surface area contributed by atoms with Crippen LogP contribution in [-0.4, -0.2) is 64.0 Å². The van der Waals surface area contributed by atoms with Gasteiger partial charge in [-0.3, -0.25) is 9.59 Å². The van der Waals surface area contributed by atoms with E-state index < -0.39 is 34.9 Å². The van der Waals surface area contributed by atoms with Gasteiger partial charge in [-0.25, -0.2) is 22.9 Å². The molecule has 0 unspecified atom stereocenters. The summed E-state index contributed by atoms with van der Waals surface area (Å²) in [7, 11) is 0. The summed E-state index contributed by atoms with van der Waals surface area (Å²) in [6, 6.07) is 3.25. The van der Waals surface area contributed by atoms with Crippen molar-refractivity contribution in [3.8, 4) is 0 Å². The van der Waals surface area contributed by atoms with E-state index in [1.54, 1.807) is 25.3 Å². The first-order valence-corrected chi connectivity index (χ1v) is 14.0. The number of carbonyl (C=O) groups excluding carboxylic acids is 3. The third-order valence-corrected chi connectivity index (χ3v) is 7.45. The van der Waals surface area contributed by atoms with Gasteiger partial charge in [-0.2, -0.15) is 0 Å². The van der Waals surface area contributed by atoms with Crippen LogP contribution < -0.4 is 16.4 Å². The van der Waals surface area contributed by atoms with Gasteiger partial charge in [0.05, 0.1) is 6.61 Å². The first-order valence-electron chi connectivity index (χ1n) is 13.0. The number of esters is 1. The van der Waals surface area contributed by atoms with Crippen molar-refractivity contribution in [3.63, 3.8) is 0 Å². The molecule has 1 aliphatic rings. The molecule has 40 heavy (non-hydrogen) atoms. The highest BCUT2D eigenvalue weighted by molar-refractivity contribution is 8.00. The quantitative estimate of drug-likeness (QED) is 0.258. The van der Waals surface area contributed by atoms with E-state index in [1.807, 2.05) is 13.8 Å². The molecule has 0 aliphatic carbocycles. The summed E-state index contributed by atoms with van der Waals surface area (Å²) in [5.41, 5.74) is 6.59. The maximum absolute atomic E-state index is 14.0. The molecule has 1 fully saturated rings. The Balaban J connectivity index is 1.52. The highest BCUT2D eigenvalue weighted by Gasteiger charge is 2.35. The zero-order valence-corrected chi connectivity index (χ0v) is 23.4. The Morgan fingerprint density at radius 3 is 2.55 bits per heavy atom.